The number of hydrogen-bond donors (Lipinski definition) is 1. The van der Waals surface area contributed by atoms with Gasteiger partial charge in [-0.05, 0) is 52.7 Å². The highest BCUT2D eigenvalue weighted by atomic mass is 16.5. The van der Waals surface area contributed by atoms with Crippen LogP contribution < -0.4 is 10.1 Å². The first kappa shape index (κ1) is 20.5. The van der Waals surface area contributed by atoms with E-state index in [2.05, 4.69) is 30.8 Å². The number of tetrazole rings is 1. The zero-order chi connectivity index (χ0) is 22.6. The Bertz CT molecular complexity index is 1270. The van der Waals surface area contributed by atoms with Crippen LogP contribution in [0.4, 0.5) is 11.8 Å². The van der Waals surface area contributed by atoms with Crippen LogP contribution in [0.25, 0.3) is 0 Å². The number of carbonyl (C=O) groups is 1. The van der Waals surface area contributed by atoms with Gasteiger partial charge in [-0.2, -0.15) is 0 Å². The Morgan fingerprint density at radius 2 is 1.82 bits per heavy atom. The number of aromatic nitrogens is 5. The van der Waals surface area contributed by atoms with Crippen LogP contribution in [0.5, 0.6) is 5.75 Å². The summed E-state index contributed by atoms with van der Waals surface area (Å²) in [5, 5.41) is 14.7. The average molecular weight is 439 g/mol. The third kappa shape index (κ3) is 4.33. The number of ether oxygens (including phenoxy) is 1. The maximum atomic E-state index is 13.3. The summed E-state index contributed by atoms with van der Waals surface area (Å²) in [6.45, 7) is 2.28. The van der Waals surface area contributed by atoms with Crippen molar-refractivity contribution in [3.05, 3.63) is 90.1 Å². The molecule has 0 aliphatic carbocycles. The molecule has 0 spiro atoms. The largest absolute Gasteiger partial charge is 0.489 e. The lowest BCUT2D eigenvalue weighted by atomic mass is 9.87. The molecule has 1 aliphatic rings. The van der Waals surface area contributed by atoms with E-state index in [0.717, 1.165) is 16.9 Å². The molecule has 2 unspecified atom stereocenters. The number of amides is 1. The molecule has 2 atom stereocenters. The van der Waals surface area contributed by atoms with Crippen LogP contribution in [0.15, 0.2) is 84.0 Å². The summed E-state index contributed by atoms with van der Waals surface area (Å²) in [4.78, 5) is 21.9. The van der Waals surface area contributed by atoms with Crippen LogP contribution in [0.1, 0.15) is 24.1 Å². The van der Waals surface area contributed by atoms with Gasteiger partial charge in [-0.3, -0.25) is 4.79 Å². The van der Waals surface area contributed by atoms with Crippen molar-refractivity contribution in [2.24, 2.45) is 10.9 Å². The van der Waals surface area contributed by atoms with Crippen molar-refractivity contribution in [3.63, 3.8) is 0 Å². The fraction of sp³-hybridized carbons (Fsp3) is 0.167. The molecule has 33 heavy (non-hydrogen) atoms. The zero-order valence-electron chi connectivity index (χ0n) is 17.9. The van der Waals surface area contributed by atoms with Crippen LogP contribution in [0.2, 0.25) is 0 Å². The van der Waals surface area contributed by atoms with Crippen molar-refractivity contribution in [1.82, 2.24) is 25.2 Å². The normalized spacial score (nSPS) is 17.1. The predicted octanol–water partition coefficient (Wildman–Crippen LogP) is 3.60. The zero-order valence-corrected chi connectivity index (χ0v) is 17.9. The van der Waals surface area contributed by atoms with Gasteiger partial charge in [0.1, 0.15) is 24.1 Å². The molecule has 9 nitrogen and oxygen atoms in total. The van der Waals surface area contributed by atoms with Crippen LogP contribution in [0, 0.1) is 5.92 Å². The molecule has 2 aromatic carbocycles. The highest BCUT2D eigenvalue weighted by Gasteiger charge is 2.39. The SMILES string of the molecule is CC1=Nc2nnnn2C(c2ccc(OCc3ccccc3)cc2)C1C(=O)Nc1ccccn1. The van der Waals surface area contributed by atoms with Crippen molar-refractivity contribution in [1.29, 1.82) is 0 Å². The highest BCUT2D eigenvalue weighted by molar-refractivity contribution is 6.10. The van der Waals surface area contributed by atoms with Crippen molar-refractivity contribution in [3.8, 4) is 5.75 Å². The number of benzene rings is 2. The van der Waals surface area contributed by atoms with Crippen molar-refractivity contribution < 1.29 is 9.53 Å². The first-order valence-corrected chi connectivity index (χ1v) is 10.5. The van der Waals surface area contributed by atoms with E-state index in [1.165, 1.54) is 0 Å². The van der Waals surface area contributed by atoms with E-state index >= 15 is 0 Å². The van der Waals surface area contributed by atoms with Gasteiger partial charge in [-0.1, -0.05) is 53.6 Å². The predicted molar refractivity (Wildman–Crippen MR) is 122 cm³/mol. The van der Waals surface area contributed by atoms with Gasteiger partial charge in [0.25, 0.3) is 5.95 Å². The van der Waals surface area contributed by atoms with Gasteiger partial charge < -0.3 is 10.1 Å². The van der Waals surface area contributed by atoms with Crippen molar-refractivity contribution in [2.45, 2.75) is 19.6 Å². The summed E-state index contributed by atoms with van der Waals surface area (Å²) in [5.74, 6) is 0.727. The second kappa shape index (κ2) is 8.99. The van der Waals surface area contributed by atoms with Gasteiger partial charge >= 0.3 is 0 Å². The topological polar surface area (TPSA) is 107 Å². The van der Waals surface area contributed by atoms with E-state index < -0.39 is 12.0 Å². The van der Waals surface area contributed by atoms with E-state index in [4.69, 9.17) is 4.74 Å². The Morgan fingerprint density at radius 3 is 2.58 bits per heavy atom. The second-order valence-electron chi connectivity index (χ2n) is 7.65. The number of hydrogen-bond acceptors (Lipinski definition) is 7. The first-order chi connectivity index (χ1) is 16.2. The molecular weight excluding hydrogens is 418 g/mol. The van der Waals surface area contributed by atoms with Gasteiger partial charge in [0.15, 0.2) is 0 Å². The lowest BCUT2D eigenvalue weighted by Crippen LogP contribution is -2.39. The quantitative estimate of drug-likeness (QED) is 0.492. The second-order valence-corrected chi connectivity index (χ2v) is 7.65. The number of rotatable bonds is 6. The summed E-state index contributed by atoms with van der Waals surface area (Å²) in [6.07, 6.45) is 1.63. The van der Waals surface area contributed by atoms with Crippen molar-refractivity contribution in [2.75, 3.05) is 5.32 Å². The lowest BCUT2D eigenvalue weighted by Gasteiger charge is -2.29. The minimum absolute atomic E-state index is 0.231. The molecule has 164 valence electrons. The Morgan fingerprint density at radius 1 is 1.03 bits per heavy atom. The Balaban J connectivity index is 1.41. The number of carbonyl (C=O) groups excluding carboxylic acids is 1. The van der Waals surface area contributed by atoms with Crippen molar-refractivity contribution >= 4 is 23.4 Å². The molecule has 4 aromatic rings. The van der Waals surface area contributed by atoms with E-state index in [1.807, 2.05) is 67.6 Å². The molecule has 1 amide bonds. The van der Waals surface area contributed by atoms with Gasteiger partial charge in [-0.25, -0.2) is 14.7 Å². The molecule has 0 radical (unpaired) electrons. The summed E-state index contributed by atoms with van der Waals surface area (Å²) in [5.41, 5.74) is 2.58. The first-order valence-electron chi connectivity index (χ1n) is 10.5. The summed E-state index contributed by atoms with van der Waals surface area (Å²) < 4.78 is 7.48. The average Bonchev–Trinajstić information content (AvgIpc) is 3.31. The number of nitrogens with zero attached hydrogens (tertiary/aromatic N) is 6. The third-order valence-corrected chi connectivity index (χ3v) is 5.45. The van der Waals surface area contributed by atoms with Gasteiger partial charge in [0, 0.05) is 11.9 Å². The highest BCUT2D eigenvalue weighted by Crippen LogP contribution is 2.35. The number of aliphatic imine (C=N–C) groups is 1. The van der Waals surface area contributed by atoms with Gasteiger partial charge in [0.05, 0.1) is 6.04 Å². The van der Waals surface area contributed by atoms with E-state index in [0.29, 0.717) is 24.1 Å². The third-order valence-electron chi connectivity index (χ3n) is 5.45. The monoisotopic (exact) mass is 439 g/mol. The van der Waals surface area contributed by atoms with E-state index in [9.17, 15) is 4.79 Å². The fourth-order valence-corrected chi connectivity index (χ4v) is 3.85. The maximum absolute atomic E-state index is 13.3. The Hall–Kier alpha value is -4.40. The van der Waals surface area contributed by atoms with Crippen LogP contribution >= 0.6 is 0 Å². The van der Waals surface area contributed by atoms with Gasteiger partial charge in [0.2, 0.25) is 5.91 Å². The summed E-state index contributed by atoms with van der Waals surface area (Å²) in [6, 6.07) is 22.5. The molecule has 0 saturated carbocycles. The Kier molecular flexibility index (Phi) is 5.59. The van der Waals surface area contributed by atoms with Crippen LogP contribution in [-0.4, -0.2) is 36.8 Å². The molecule has 0 bridgehead atoms. The minimum Gasteiger partial charge on any atom is -0.489 e. The Labute approximate surface area is 190 Å². The molecule has 1 aliphatic heterocycles. The number of fused-ring (bicyclic) bond motifs is 1. The molecular formula is C24H21N7O2. The number of anilines is 1. The number of pyridine rings is 1. The van der Waals surface area contributed by atoms with E-state index in [-0.39, 0.29) is 5.91 Å². The van der Waals surface area contributed by atoms with E-state index in [1.54, 1.807) is 23.0 Å². The lowest BCUT2D eigenvalue weighted by molar-refractivity contribution is -0.118. The molecule has 0 saturated heterocycles. The summed E-state index contributed by atoms with van der Waals surface area (Å²) >= 11 is 0. The number of nitrogens with one attached hydrogen (secondary N) is 1. The van der Waals surface area contributed by atoms with Crippen LogP contribution in [0.3, 0.4) is 0 Å². The fourth-order valence-electron chi connectivity index (χ4n) is 3.85. The summed E-state index contributed by atoms with van der Waals surface area (Å²) in [7, 11) is 0. The molecule has 9 heteroatoms. The molecule has 3 heterocycles. The molecule has 0 fully saturated rings. The molecule has 5 rings (SSSR count). The smallest absolute Gasteiger partial charge is 0.269 e. The molecule has 2 aromatic heterocycles. The molecule has 1 N–H and O–H groups in total. The minimum atomic E-state index is -0.612. The van der Waals surface area contributed by atoms with Crippen LogP contribution in [-0.2, 0) is 11.4 Å². The standard InChI is InChI=1S/C24H21N7O2/c1-16-21(23(32)27-20-9-5-6-14-25-20)22(31-24(26-16)28-29-30-31)18-10-12-19(13-11-18)33-15-17-7-3-2-4-8-17/h2-14,21-22H,15H2,1H3,(H,25,27,32). The maximum Gasteiger partial charge on any atom is 0.269 e. The van der Waals surface area contributed by atoms with Gasteiger partial charge in [-0.15, -0.1) is 0 Å².